The number of ether oxygens (including phenoxy) is 3. The van der Waals surface area contributed by atoms with Crippen molar-refractivity contribution in [3.63, 3.8) is 0 Å². The summed E-state index contributed by atoms with van der Waals surface area (Å²) in [6.45, 7) is 2.52. The molecular weight excluding hydrogens is 210 g/mol. The Labute approximate surface area is 95.4 Å². The number of esters is 1. The van der Waals surface area contributed by atoms with Crippen LogP contribution in [0.5, 0.6) is 0 Å². The van der Waals surface area contributed by atoms with Crippen LogP contribution < -0.4 is 5.32 Å². The summed E-state index contributed by atoms with van der Waals surface area (Å²) in [4.78, 5) is 11.7. The molecule has 2 unspecified atom stereocenters. The average Bonchev–Trinajstić information content (AvgIpc) is 2.97. The zero-order valence-electron chi connectivity index (χ0n) is 9.66. The number of carbonyl (C=O) groups excluding carboxylic acids is 1. The van der Waals surface area contributed by atoms with Crippen LogP contribution in [-0.2, 0) is 19.0 Å². The Hall–Kier alpha value is -0.650. The molecule has 0 bridgehead atoms. The van der Waals surface area contributed by atoms with Gasteiger partial charge >= 0.3 is 5.97 Å². The van der Waals surface area contributed by atoms with Crippen LogP contribution in [0.1, 0.15) is 19.3 Å². The van der Waals surface area contributed by atoms with E-state index in [0.717, 1.165) is 19.4 Å². The fourth-order valence-electron chi connectivity index (χ4n) is 2.25. The summed E-state index contributed by atoms with van der Waals surface area (Å²) in [5.41, 5.74) is -0.652. The van der Waals surface area contributed by atoms with Gasteiger partial charge in [-0.2, -0.15) is 0 Å². The zero-order valence-corrected chi connectivity index (χ0v) is 9.66. The van der Waals surface area contributed by atoms with E-state index in [1.165, 1.54) is 7.11 Å². The van der Waals surface area contributed by atoms with E-state index in [1.807, 2.05) is 0 Å². The molecule has 2 saturated heterocycles. The quantitative estimate of drug-likeness (QED) is 0.692. The average molecular weight is 229 g/mol. The largest absolute Gasteiger partial charge is 0.468 e. The smallest absolute Gasteiger partial charge is 0.328 e. The van der Waals surface area contributed by atoms with Crippen molar-refractivity contribution in [2.75, 3.05) is 33.5 Å². The minimum Gasteiger partial charge on any atom is -0.468 e. The summed E-state index contributed by atoms with van der Waals surface area (Å²) < 4.78 is 15.6. The van der Waals surface area contributed by atoms with Crippen molar-refractivity contribution in [2.45, 2.75) is 30.9 Å². The van der Waals surface area contributed by atoms with Gasteiger partial charge in [0, 0.05) is 26.2 Å². The molecule has 0 aromatic rings. The molecule has 2 fully saturated rings. The summed E-state index contributed by atoms with van der Waals surface area (Å²) in [6, 6.07) is 0. The van der Waals surface area contributed by atoms with Gasteiger partial charge in [0.05, 0.1) is 19.8 Å². The van der Waals surface area contributed by atoms with Crippen LogP contribution in [-0.4, -0.2) is 51.1 Å². The van der Waals surface area contributed by atoms with Crippen LogP contribution in [0.3, 0.4) is 0 Å². The van der Waals surface area contributed by atoms with Gasteiger partial charge in [0.1, 0.15) is 5.54 Å². The van der Waals surface area contributed by atoms with E-state index in [4.69, 9.17) is 14.2 Å². The monoisotopic (exact) mass is 229 g/mol. The Bertz CT molecular complexity index is 244. The van der Waals surface area contributed by atoms with Crippen LogP contribution in [0.15, 0.2) is 0 Å². The first-order valence-corrected chi connectivity index (χ1v) is 5.80. The van der Waals surface area contributed by atoms with Crippen molar-refractivity contribution in [1.29, 1.82) is 0 Å². The van der Waals surface area contributed by atoms with Gasteiger partial charge in [0.2, 0.25) is 0 Å². The fraction of sp³-hybridized carbons (Fsp3) is 0.909. The summed E-state index contributed by atoms with van der Waals surface area (Å²) in [7, 11) is 1.41. The van der Waals surface area contributed by atoms with Crippen LogP contribution in [0.4, 0.5) is 0 Å². The van der Waals surface area contributed by atoms with Crippen LogP contribution in [0, 0.1) is 0 Å². The molecule has 0 spiro atoms. The van der Waals surface area contributed by atoms with E-state index >= 15 is 0 Å². The summed E-state index contributed by atoms with van der Waals surface area (Å²) in [5, 5.41) is 3.26. The Kier molecular flexibility index (Phi) is 3.78. The molecule has 0 amide bonds. The Morgan fingerprint density at radius 3 is 3.00 bits per heavy atom. The number of hydrogen-bond donors (Lipinski definition) is 1. The molecule has 0 saturated carbocycles. The molecule has 1 N–H and O–H groups in total. The molecule has 2 aliphatic rings. The van der Waals surface area contributed by atoms with Crippen LogP contribution in [0.2, 0.25) is 0 Å². The Balaban J connectivity index is 1.89. The maximum atomic E-state index is 11.7. The summed E-state index contributed by atoms with van der Waals surface area (Å²) in [6.07, 6.45) is 3.06. The van der Waals surface area contributed by atoms with Gasteiger partial charge in [-0.3, -0.25) is 5.32 Å². The van der Waals surface area contributed by atoms with E-state index in [0.29, 0.717) is 26.2 Å². The summed E-state index contributed by atoms with van der Waals surface area (Å²) in [5.74, 6) is -0.233. The minimum absolute atomic E-state index is 0.224. The molecule has 5 heteroatoms. The van der Waals surface area contributed by atoms with E-state index in [-0.39, 0.29) is 12.1 Å². The molecule has 2 aliphatic heterocycles. The molecule has 92 valence electrons. The third-order valence-electron chi connectivity index (χ3n) is 3.29. The lowest BCUT2D eigenvalue weighted by Crippen LogP contribution is -2.55. The maximum Gasteiger partial charge on any atom is 0.328 e. The van der Waals surface area contributed by atoms with Gasteiger partial charge in [0.25, 0.3) is 0 Å². The zero-order chi connectivity index (χ0) is 11.4. The molecule has 16 heavy (non-hydrogen) atoms. The second-order valence-corrected chi connectivity index (χ2v) is 4.39. The first kappa shape index (κ1) is 11.8. The first-order valence-electron chi connectivity index (χ1n) is 5.80. The van der Waals surface area contributed by atoms with E-state index < -0.39 is 5.54 Å². The Morgan fingerprint density at radius 1 is 1.56 bits per heavy atom. The van der Waals surface area contributed by atoms with E-state index in [2.05, 4.69) is 5.32 Å². The van der Waals surface area contributed by atoms with Crippen molar-refractivity contribution in [3.05, 3.63) is 0 Å². The molecule has 5 nitrogen and oxygen atoms in total. The molecular formula is C11H19NO4. The summed E-state index contributed by atoms with van der Waals surface area (Å²) >= 11 is 0. The van der Waals surface area contributed by atoms with Crippen molar-refractivity contribution in [1.82, 2.24) is 5.32 Å². The number of nitrogens with one attached hydrogen (secondary N) is 1. The van der Waals surface area contributed by atoms with Crippen molar-refractivity contribution in [3.8, 4) is 0 Å². The van der Waals surface area contributed by atoms with E-state index in [1.54, 1.807) is 0 Å². The number of carbonyl (C=O) groups is 1. The molecule has 0 aliphatic carbocycles. The fourth-order valence-corrected chi connectivity index (χ4v) is 2.25. The second kappa shape index (κ2) is 5.12. The lowest BCUT2D eigenvalue weighted by molar-refractivity contribution is -0.148. The molecule has 0 aromatic carbocycles. The SMILES string of the molecule is COC(=O)C1(NCC2CCCO2)CCOC1. The standard InChI is InChI=1S/C11H19NO4/c1-14-10(13)11(4-6-15-8-11)12-7-9-3-2-5-16-9/h9,12H,2-8H2,1H3. The van der Waals surface area contributed by atoms with Crippen molar-refractivity contribution in [2.24, 2.45) is 0 Å². The highest BCUT2D eigenvalue weighted by Gasteiger charge is 2.43. The number of hydrogen-bond acceptors (Lipinski definition) is 5. The van der Waals surface area contributed by atoms with E-state index in [9.17, 15) is 4.79 Å². The van der Waals surface area contributed by atoms with Gasteiger partial charge in [0.15, 0.2) is 0 Å². The molecule has 2 rings (SSSR count). The number of methoxy groups -OCH3 is 1. The van der Waals surface area contributed by atoms with Crippen molar-refractivity contribution >= 4 is 5.97 Å². The molecule has 2 heterocycles. The first-order chi connectivity index (χ1) is 7.77. The lowest BCUT2D eigenvalue weighted by atomic mass is 9.98. The lowest BCUT2D eigenvalue weighted by Gasteiger charge is -2.27. The number of rotatable bonds is 4. The van der Waals surface area contributed by atoms with Crippen LogP contribution in [0.25, 0.3) is 0 Å². The highest BCUT2D eigenvalue weighted by molar-refractivity contribution is 5.81. The Morgan fingerprint density at radius 2 is 2.44 bits per heavy atom. The van der Waals surface area contributed by atoms with Gasteiger partial charge < -0.3 is 14.2 Å². The van der Waals surface area contributed by atoms with Gasteiger partial charge in [-0.15, -0.1) is 0 Å². The van der Waals surface area contributed by atoms with Crippen LogP contribution >= 0.6 is 0 Å². The molecule has 0 radical (unpaired) electrons. The normalized spacial score (nSPS) is 34.2. The third kappa shape index (κ3) is 2.36. The maximum absolute atomic E-state index is 11.7. The molecule has 2 atom stereocenters. The highest BCUT2D eigenvalue weighted by atomic mass is 16.5. The van der Waals surface area contributed by atoms with Gasteiger partial charge in [-0.1, -0.05) is 0 Å². The minimum atomic E-state index is -0.652. The molecule has 0 aromatic heterocycles. The highest BCUT2D eigenvalue weighted by Crippen LogP contribution is 2.21. The topological polar surface area (TPSA) is 56.8 Å². The van der Waals surface area contributed by atoms with Gasteiger partial charge in [-0.05, 0) is 12.8 Å². The van der Waals surface area contributed by atoms with Gasteiger partial charge in [-0.25, -0.2) is 4.79 Å². The predicted molar refractivity (Wildman–Crippen MR) is 57.2 cm³/mol. The van der Waals surface area contributed by atoms with Crippen molar-refractivity contribution < 1.29 is 19.0 Å². The second-order valence-electron chi connectivity index (χ2n) is 4.39. The predicted octanol–water partition coefficient (Wildman–Crippen LogP) is 0.0871. The third-order valence-corrected chi connectivity index (χ3v) is 3.29.